The molecule has 5 rings (SSSR count). The van der Waals surface area contributed by atoms with E-state index in [0.717, 1.165) is 4.80 Å². The largest absolute Gasteiger partial charge is 0.692 e. The predicted octanol–water partition coefficient (Wildman–Crippen LogP) is 1.28. The van der Waals surface area contributed by atoms with Gasteiger partial charge in [0.25, 0.3) is 5.91 Å². The van der Waals surface area contributed by atoms with Gasteiger partial charge in [0.15, 0.2) is 5.69 Å². The summed E-state index contributed by atoms with van der Waals surface area (Å²) in [5.41, 5.74) is 1.70. The van der Waals surface area contributed by atoms with Crippen LogP contribution in [0.3, 0.4) is 0 Å². The molecule has 0 aliphatic heterocycles. The number of benzene rings is 2. The summed E-state index contributed by atoms with van der Waals surface area (Å²) in [6.45, 7) is 0. The Balaban J connectivity index is 1.57. The number of hydrogen-bond acceptors (Lipinski definition) is 6. The first kappa shape index (κ1) is 17.8. The Labute approximate surface area is 167 Å². The second-order valence-electron chi connectivity index (χ2n) is 6.66. The maximum atomic E-state index is 13.4. The fourth-order valence-electron chi connectivity index (χ4n) is 3.45. The molecule has 0 spiro atoms. The van der Waals surface area contributed by atoms with Gasteiger partial charge in [-0.15, -0.1) is 4.85 Å². The number of halogens is 1. The van der Waals surface area contributed by atoms with E-state index in [4.69, 9.17) is 0 Å². The Hall–Kier alpha value is -4.28. The molecule has 2 aromatic carbocycles. The van der Waals surface area contributed by atoms with E-state index in [0.29, 0.717) is 21.1 Å². The topological polar surface area (TPSA) is 127 Å². The van der Waals surface area contributed by atoms with Crippen molar-refractivity contribution >= 4 is 11.6 Å². The monoisotopic (exact) mass is 408 g/mol. The van der Waals surface area contributed by atoms with E-state index in [-0.39, 0.29) is 41.2 Å². The molecule has 2 aromatic heterocycles. The number of fused-ring (bicyclic) bond motifs is 3. The van der Waals surface area contributed by atoms with Crippen LogP contribution in [0.15, 0.2) is 53.2 Å². The lowest BCUT2D eigenvalue weighted by Crippen LogP contribution is -2.42. The predicted molar refractivity (Wildman–Crippen MR) is 98.7 cm³/mol. The van der Waals surface area contributed by atoms with Crippen molar-refractivity contribution in [3.63, 3.8) is 0 Å². The lowest BCUT2D eigenvalue weighted by molar-refractivity contribution is -0.808. The third-order valence-corrected chi connectivity index (χ3v) is 4.84. The summed E-state index contributed by atoms with van der Waals surface area (Å²) >= 11 is 0. The van der Waals surface area contributed by atoms with Crippen LogP contribution in [-0.4, -0.2) is 21.0 Å². The molecular weight excluding hydrogens is 395 g/mol. The van der Waals surface area contributed by atoms with E-state index in [1.807, 2.05) is 0 Å². The maximum absolute atomic E-state index is 13.4. The summed E-state index contributed by atoms with van der Waals surface area (Å²) in [6, 6.07) is 11.9. The zero-order valence-electron chi connectivity index (χ0n) is 15.3. The van der Waals surface area contributed by atoms with E-state index < -0.39 is 11.7 Å². The molecule has 1 amide bonds. The zero-order chi connectivity index (χ0) is 20.8. The molecule has 150 valence electrons. The van der Waals surface area contributed by atoms with E-state index in [2.05, 4.69) is 20.2 Å². The number of aromatic nitrogens is 5. The van der Waals surface area contributed by atoms with Gasteiger partial charge in [-0.3, -0.25) is 9.42 Å². The zero-order valence-corrected chi connectivity index (χ0v) is 15.3. The minimum Gasteiger partial charge on any atom is -0.692 e. The SMILES string of the molecule is O=C(Nc1cccc(F)c1)c1ccccc1-n1nc2c([n+]1[O-])CCc1c-2no[n+]1[O-]. The molecule has 0 bridgehead atoms. The van der Waals surface area contributed by atoms with Crippen molar-refractivity contribution in [2.45, 2.75) is 12.8 Å². The second-order valence-corrected chi connectivity index (χ2v) is 6.66. The van der Waals surface area contributed by atoms with Crippen LogP contribution in [0.4, 0.5) is 10.1 Å². The third kappa shape index (κ3) is 2.75. The van der Waals surface area contributed by atoms with Crippen molar-refractivity contribution in [1.29, 1.82) is 0 Å². The molecule has 0 unspecified atom stereocenters. The van der Waals surface area contributed by atoms with Gasteiger partial charge in [0.2, 0.25) is 5.69 Å². The molecule has 4 aromatic rings. The molecule has 0 atom stereocenters. The van der Waals surface area contributed by atoms with Crippen molar-refractivity contribution < 1.29 is 23.6 Å². The highest BCUT2D eigenvalue weighted by molar-refractivity contribution is 6.06. The molecule has 0 saturated carbocycles. The van der Waals surface area contributed by atoms with Crippen LogP contribution < -0.4 is 15.1 Å². The molecule has 2 heterocycles. The van der Waals surface area contributed by atoms with Crippen LogP contribution in [0.2, 0.25) is 0 Å². The van der Waals surface area contributed by atoms with E-state index in [1.165, 1.54) is 24.3 Å². The summed E-state index contributed by atoms with van der Waals surface area (Å²) in [5.74, 6) is -1.03. The normalized spacial score (nSPS) is 12.3. The van der Waals surface area contributed by atoms with Gasteiger partial charge in [-0.1, -0.05) is 18.2 Å². The molecule has 1 aliphatic rings. The first-order chi connectivity index (χ1) is 14.5. The van der Waals surface area contributed by atoms with Crippen LogP contribution in [-0.2, 0) is 12.8 Å². The van der Waals surface area contributed by atoms with Crippen molar-refractivity contribution in [1.82, 2.24) is 15.1 Å². The van der Waals surface area contributed by atoms with Crippen LogP contribution in [0.25, 0.3) is 17.1 Å². The Morgan fingerprint density at radius 1 is 1.10 bits per heavy atom. The van der Waals surface area contributed by atoms with Crippen molar-refractivity contribution in [2.24, 2.45) is 0 Å². The number of anilines is 1. The standard InChI is InChI=1S/C19H13FN6O4/c20-11-4-3-5-12(10-11)21-19(27)13-6-1-2-7-14(13)24-22-17-15(25(24)28)8-9-16-18(17)23-30-26(16)29/h1-7,10H,8-9H2,(H,21,27). The van der Waals surface area contributed by atoms with E-state index in [9.17, 15) is 19.6 Å². The van der Waals surface area contributed by atoms with Gasteiger partial charge in [0.1, 0.15) is 11.5 Å². The van der Waals surface area contributed by atoms with Gasteiger partial charge in [-0.05, 0) is 40.0 Å². The smallest absolute Gasteiger partial charge is 0.303 e. The van der Waals surface area contributed by atoms with E-state index in [1.54, 1.807) is 24.3 Å². The van der Waals surface area contributed by atoms with Crippen molar-refractivity contribution in [2.75, 3.05) is 5.32 Å². The van der Waals surface area contributed by atoms with Gasteiger partial charge >= 0.3 is 11.4 Å². The average molecular weight is 408 g/mol. The van der Waals surface area contributed by atoms with E-state index >= 15 is 0 Å². The molecule has 11 heteroatoms. The number of amides is 1. The molecule has 0 fully saturated rings. The quantitative estimate of drug-likeness (QED) is 0.402. The van der Waals surface area contributed by atoms with Gasteiger partial charge in [-0.2, -0.15) is 0 Å². The summed E-state index contributed by atoms with van der Waals surface area (Å²) in [7, 11) is 0. The lowest BCUT2D eigenvalue weighted by atomic mass is 10.0. The van der Waals surface area contributed by atoms with Gasteiger partial charge in [0, 0.05) is 18.5 Å². The van der Waals surface area contributed by atoms with Crippen LogP contribution >= 0.6 is 0 Å². The van der Waals surface area contributed by atoms with Gasteiger partial charge in [0.05, 0.1) is 15.8 Å². The van der Waals surface area contributed by atoms with Gasteiger partial charge in [-0.25, -0.2) is 4.39 Å². The first-order valence-corrected chi connectivity index (χ1v) is 9.00. The molecule has 30 heavy (non-hydrogen) atoms. The van der Waals surface area contributed by atoms with Crippen LogP contribution in [0.5, 0.6) is 0 Å². The minimum atomic E-state index is -0.538. The highest BCUT2D eigenvalue weighted by atomic mass is 19.1. The fourth-order valence-corrected chi connectivity index (χ4v) is 3.45. The first-order valence-electron chi connectivity index (χ1n) is 9.00. The highest BCUT2D eigenvalue weighted by Gasteiger charge is 2.39. The summed E-state index contributed by atoms with van der Waals surface area (Å²) in [5, 5.41) is 35.2. The number of para-hydroxylation sites is 1. The fraction of sp³-hybridized carbons (Fsp3) is 0.105. The Kier molecular flexibility index (Phi) is 3.95. The molecule has 0 saturated heterocycles. The number of hydrogen-bond donors (Lipinski definition) is 1. The molecule has 10 nitrogen and oxygen atoms in total. The molecule has 1 aliphatic carbocycles. The number of carbonyl (C=O) groups is 1. The number of nitrogens with one attached hydrogen (secondary N) is 1. The highest BCUT2D eigenvalue weighted by Crippen LogP contribution is 2.27. The molecule has 0 radical (unpaired) electrons. The second kappa shape index (κ2) is 6.65. The number of nitrogens with zero attached hydrogens (tertiary/aromatic N) is 5. The maximum Gasteiger partial charge on any atom is 0.303 e. The Morgan fingerprint density at radius 2 is 1.90 bits per heavy atom. The minimum absolute atomic E-state index is 0.158. The van der Waals surface area contributed by atoms with Gasteiger partial charge < -0.3 is 15.7 Å². The average Bonchev–Trinajstić information content (AvgIpc) is 3.28. The molecule has 1 N–H and O–H groups in total. The third-order valence-electron chi connectivity index (χ3n) is 4.84. The summed E-state index contributed by atoms with van der Waals surface area (Å²) in [6.07, 6.45) is 0.553. The number of rotatable bonds is 3. The van der Waals surface area contributed by atoms with Crippen molar-refractivity contribution in [3.8, 4) is 17.1 Å². The Bertz CT molecular complexity index is 1300. The van der Waals surface area contributed by atoms with Crippen LogP contribution in [0.1, 0.15) is 21.7 Å². The lowest BCUT2D eigenvalue weighted by Gasteiger charge is -2.11. The van der Waals surface area contributed by atoms with Crippen LogP contribution in [0, 0.1) is 16.2 Å². The summed E-state index contributed by atoms with van der Waals surface area (Å²) in [4.78, 5) is 14.7. The Morgan fingerprint density at radius 3 is 2.73 bits per heavy atom. The number of carbonyl (C=O) groups excluding carboxylic acids is 1. The molecular formula is C19H13FN6O4. The summed E-state index contributed by atoms with van der Waals surface area (Å²) < 4.78 is 18.0. The van der Waals surface area contributed by atoms with Crippen molar-refractivity contribution in [3.05, 3.63) is 81.7 Å².